The van der Waals surface area contributed by atoms with Crippen molar-refractivity contribution in [1.29, 1.82) is 0 Å². The zero-order valence-electron chi connectivity index (χ0n) is 12.6. The number of rotatable bonds is 3. The van der Waals surface area contributed by atoms with E-state index >= 15 is 0 Å². The molecule has 1 heterocycles. The summed E-state index contributed by atoms with van der Waals surface area (Å²) in [6, 6.07) is 11.6. The van der Waals surface area contributed by atoms with Crippen LogP contribution in [-0.4, -0.2) is 21.5 Å². The third-order valence-corrected chi connectivity index (χ3v) is 2.71. The number of carbonyl (C=O) groups is 1. The summed E-state index contributed by atoms with van der Waals surface area (Å²) >= 11 is 0. The minimum atomic E-state index is -0.259. The lowest BCUT2D eigenvalue weighted by Gasteiger charge is -2.20. The molecule has 2 amide bonds. The predicted molar refractivity (Wildman–Crippen MR) is 82.6 cm³/mol. The Morgan fingerprint density at radius 1 is 1.14 bits per heavy atom. The van der Waals surface area contributed by atoms with E-state index in [9.17, 15) is 4.79 Å². The molecule has 0 spiro atoms. The van der Waals surface area contributed by atoms with E-state index in [1.807, 2.05) is 57.2 Å². The standard InChI is InChI=1S/C16H20N4O/c1-16(2,3)20-15(21)17-10-13-9-14(19-11-18-13)12-7-5-4-6-8-12/h4-9,11H,10H2,1-3H3,(H2,17,20,21). The summed E-state index contributed by atoms with van der Waals surface area (Å²) in [5.41, 5.74) is 2.39. The van der Waals surface area contributed by atoms with Crippen LogP contribution in [-0.2, 0) is 6.54 Å². The third kappa shape index (κ3) is 4.87. The van der Waals surface area contributed by atoms with Crippen molar-refractivity contribution < 1.29 is 4.79 Å². The van der Waals surface area contributed by atoms with E-state index in [0.717, 1.165) is 17.0 Å². The van der Waals surface area contributed by atoms with Crippen LogP contribution in [0.2, 0.25) is 0 Å². The molecule has 5 nitrogen and oxygen atoms in total. The van der Waals surface area contributed by atoms with Crippen LogP contribution in [0.15, 0.2) is 42.7 Å². The predicted octanol–water partition coefficient (Wildman–Crippen LogP) is 2.74. The van der Waals surface area contributed by atoms with Gasteiger partial charge in [-0.3, -0.25) is 0 Å². The highest BCUT2D eigenvalue weighted by atomic mass is 16.2. The van der Waals surface area contributed by atoms with Crippen molar-refractivity contribution in [2.75, 3.05) is 0 Å². The molecule has 2 aromatic rings. The molecule has 0 saturated heterocycles. The highest BCUT2D eigenvalue weighted by Gasteiger charge is 2.13. The molecule has 2 rings (SSSR count). The molecule has 1 aromatic carbocycles. The van der Waals surface area contributed by atoms with Gasteiger partial charge in [0, 0.05) is 11.1 Å². The van der Waals surface area contributed by atoms with Crippen LogP contribution in [0.25, 0.3) is 11.3 Å². The summed E-state index contributed by atoms with van der Waals surface area (Å²) in [5, 5.41) is 5.64. The van der Waals surface area contributed by atoms with Gasteiger partial charge in [0.05, 0.1) is 17.9 Å². The molecule has 0 bridgehead atoms. The van der Waals surface area contributed by atoms with Gasteiger partial charge in [-0.1, -0.05) is 30.3 Å². The molecule has 0 radical (unpaired) electrons. The molecule has 110 valence electrons. The Labute approximate surface area is 124 Å². The molecule has 0 atom stereocenters. The maximum absolute atomic E-state index is 11.7. The Bertz CT molecular complexity index is 605. The van der Waals surface area contributed by atoms with E-state index in [1.165, 1.54) is 6.33 Å². The second kappa shape index (κ2) is 6.35. The molecule has 0 aliphatic heterocycles. The smallest absolute Gasteiger partial charge is 0.315 e. The van der Waals surface area contributed by atoms with Gasteiger partial charge >= 0.3 is 6.03 Å². The number of nitrogens with zero attached hydrogens (tertiary/aromatic N) is 2. The number of amides is 2. The normalized spacial score (nSPS) is 11.0. The molecule has 0 aliphatic carbocycles. The minimum absolute atomic E-state index is 0.206. The first-order valence-corrected chi connectivity index (χ1v) is 6.86. The Morgan fingerprint density at radius 3 is 2.52 bits per heavy atom. The quantitative estimate of drug-likeness (QED) is 0.910. The van der Waals surface area contributed by atoms with Crippen LogP contribution in [0.4, 0.5) is 4.79 Å². The van der Waals surface area contributed by atoms with Crippen molar-refractivity contribution >= 4 is 6.03 Å². The van der Waals surface area contributed by atoms with Crippen LogP contribution in [0, 0.1) is 0 Å². The largest absolute Gasteiger partial charge is 0.334 e. The topological polar surface area (TPSA) is 66.9 Å². The van der Waals surface area contributed by atoms with Crippen molar-refractivity contribution in [2.24, 2.45) is 0 Å². The SMILES string of the molecule is CC(C)(C)NC(=O)NCc1cc(-c2ccccc2)ncn1. The van der Waals surface area contributed by atoms with Gasteiger partial charge in [0.15, 0.2) is 0 Å². The fraction of sp³-hybridized carbons (Fsp3) is 0.312. The Balaban J connectivity index is 2.01. The first-order chi connectivity index (χ1) is 9.94. The monoisotopic (exact) mass is 284 g/mol. The minimum Gasteiger partial charge on any atom is -0.334 e. The van der Waals surface area contributed by atoms with Gasteiger partial charge in [-0.05, 0) is 26.8 Å². The lowest BCUT2D eigenvalue weighted by molar-refractivity contribution is 0.231. The second-order valence-corrected chi connectivity index (χ2v) is 5.82. The van der Waals surface area contributed by atoms with Gasteiger partial charge in [0.25, 0.3) is 0 Å². The zero-order chi connectivity index (χ0) is 15.3. The highest BCUT2D eigenvalue weighted by molar-refractivity contribution is 5.74. The van der Waals surface area contributed by atoms with E-state index < -0.39 is 0 Å². The number of urea groups is 1. The number of benzene rings is 1. The zero-order valence-corrected chi connectivity index (χ0v) is 12.6. The number of carbonyl (C=O) groups excluding carboxylic acids is 1. The summed E-state index contributed by atoms with van der Waals surface area (Å²) < 4.78 is 0. The molecular formula is C16H20N4O. The molecule has 0 saturated carbocycles. The van der Waals surface area contributed by atoms with Crippen LogP contribution < -0.4 is 10.6 Å². The summed E-state index contributed by atoms with van der Waals surface area (Å²) in [7, 11) is 0. The van der Waals surface area contributed by atoms with E-state index in [1.54, 1.807) is 0 Å². The average molecular weight is 284 g/mol. The third-order valence-electron chi connectivity index (χ3n) is 2.71. The molecular weight excluding hydrogens is 264 g/mol. The van der Waals surface area contributed by atoms with Crippen molar-refractivity contribution in [3.05, 3.63) is 48.4 Å². The maximum atomic E-state index is 11.7. The van der Waals surface area contributed by atoms with Gasteiger partial charge in [0.2, 0.25) is 0 Å². The lowest BCUT2D eigenvalue weighted by atomic mass is 10.1. The molecule has 0 fully saturated rings. The number of nitrogens with one attached hydrogen (secondary N) is 2. The summed E-state index contributed by atoms with van der Waals surface area (Å²) in [4.78, 5) is 20.2. The van der Waals surface area contributed by atoms with E-state index in [2.05, 4.69) is 20.6 Å². The van der Waals surface area contributed by atoms with E-state index in [-0.39, 0.29) is 11.6 Å². The maximum Gasteiger partial charge on any atom is 0.315 e. The average Bonchev–Trinajstić information content (AvgIpc) is 2.45. The fourth-order valence-electron chi connectivity index (χ4n) is 1.82. The van der Waals surface area contributed by atoms with Gasteiger partial charge in [-0.2, -0.15) is 0 Å². The Morgan fingerprint density at radius 2 is 1.86 bits per heavy atom. The fourth-order valence-corrected chi connectivity index (χ4v) is 1.82. The van der Waals surface area contributed by atoms with Gasteiger partial charge in [-0.25, -0.2) is 14.8 Å². The van der Waals surface area contributed by atoms with Crippen LogP contribution in [0.3, 0.4) is 0 Å². The molecule has 2 N–H and O–H groups in total. The second-order valence-electron chi connectivity index (χ2n) is 5.82. The lowest BCUT2D eigenvalue weighted by Crippen LogP contribution is -2.46. The summed E-state index contributed by atoms with van der Waals surface area (Å²) in [5.74, 6) is 0. The van der Waals surface area contributed by atoms with Gasteiger partial charge in [-0.15, -0.1) is 0 Å². The number of aromatic nitrogens is 2. The first kappa shape index (κ1) is 15.0. The van der Waals surface area contributed by atoms with E-state index in [4.69, 9.17) is 0 Å². The highest BCUT2D eigenvalue weighted by Crippen LogP contribution is 2.15. The first-order valence-electron chi connectivity index (χ1n) is 6.86. The molecule has 1 aromatic heterocycles. The molecule has 5 heteroatoms. The van der Waals surface area contributed by atoms with E-state index in [0.29, 0.717) is 6.54 Å². The van der Waals surface area contributed by atoms with Crippen molar-refractivity contribution in [3.63, 3.8) is 0 Å². The number of hydrogen-bond acceptors (Lipinski definition) is 3. The molecule has 0 aliphatic rings. The summed E-state index contributed by atoms with van der Waals surface area (Å²) in [6.45, 7) is 6.17. The molecule has 0 unspecified atom stereocenters. The van der Waals surface area contributed by atoms with Gasteiger partial charge < -0.3 is 10.6 Å². The van der Waals surface area contributed by atoms with Gasteiger partial charge in [0.1, 0.15) is 6.33 Å². The Kier molecular flexibility index (Phi) is 4.52. The van der Waals surface area contributed by atoms with Crippen LogP contribution in [0.5, 0.6) is 0 Å². The van der Waals surface area contributed by atoms with Crippen molar-refractivity contribution in [3.8, 4) is 11.3 Å². The number of hydrogen-bond donors (Lipinski definition) is 2. The Hall–Kier alpha value is -2.43. The summed E-state index contributed by atoms with van der Waals surface area (Å²) in [6.07, 6.45) is 1.51. The van der Waals surface area contributed by atoms with Crippen LogP contribution in [0.1, 0.15) is 26.5 Å². The van der Waals surface area contributed by atoms with Crippen LogP contribution >= 0.6 is 0 Å². The van der Waals surface area contributed by atoms with Crippen molar-refractivity contribution in [1.82, 2.24) is 20.6 Å². The molecule has 21 heavy (non-hydrogen) atoms. The van der Waals surface area contributed by atoms with Crippen molar-refractivity contribution in [2.45, 2.75) is 32.9 Å².